The number of terminal acetylenes is 1. The molecule has 0 aromatic heterocycles. The number of rotatable bonds is 7. The van der Waals surface area contributed by atoms with Gasteiger partial charge in [-0.1, -0.05) is 68.2 Å². The van der Waals surface area contributed by atoms with Crippen molar-refractivity contribution in [1.29, 1.82) is 0 Å². The van der Waals surface area contributed by atoms with Crippen molar-refractivity contribution in [2.75, 3.05) is 0 Å². The molecule has 2 heteroatoms. The lowest BCUT2D eigenvalue weighted by molar-refractivity contribution is 0.432. The molecule has 160 valence electrons. The monoisotopic (exact) mass is 408 g/mol. The Morgan fingerprint density at radius 3 is 2.67 bits per heavy atom. The van der Waals surface area contributed by atoms with Crippen molar-refractivity contribution in [3.05, 3.63) is 82.1 Å². The largest absolute Gasteiger partial charge is 0.203 e. The molecule has 0 aromatic rings. The molecule has 0 fully saturated rings. The summed E-state index contributed by atoms with van der Waals surface area (Å²) in [6, 6.07) is 0. The highest BCUT2D eigenvalue weighted by Crippen LogP contribution is 2.39. The second kappa shape index (κ2) is 11.7. The van der Waals surface area contributed by atoms with Crippen LogP contribution in [0, 0.1) is 18.3 Å². The summed E-state index contributed by atoms with van der Waals surface area (Å²) in [5.41, 5.74) is 3.57. The zero-order valence-corrected chi connectivity index (χ0v) is 18.7. The molecule has 30 heavy (non-hydrogen) atoms. The first-order chi connectivity index (χ1) is 14.4. The summed E-state index contributed by atoms with van der Waals surface area (Å²) in [6.07, 6.45) is 23.1. The molecular formula is C28H34F2. The summed E-state index contributed by atoms with van der Waals surface area (Å²) in [6.45, 7) is 10.0. The van der Waals surface area contributed by atoms with Gasteiger partial charge in [0.1, 0.15) is 0 Å². The van der Waals surface area contributed by atoms with Gasteiger partial charge >= 0.3 is 0 Å². The van der Waals surface area contributed by atoms with Crippen molar-refractivity contribution in [3.8, 4) is 12.3 Å². The Morgan fingerprint density at radius 2 is 2.07 bits per heavy atom. The van der Waals surface area contributed by atoms with E-state index in [1.54, 1.807) is 6.08 Å². The number of hydrogen-bond acceptors (Lipinski definition) is 0. The second-order valence-corrected chi connectivity index (χ2v) is 8.23. The lowest BCUT2D eigenvalue weighted by Crippen LogP contribution is -2.09. The molecule has 1 atom stereocenters. The van der Waals surface area contributed by atoms with Crippen LogP contribution < -0.4 is 0 Å². The van der Waals surface area contributed by atoms with Crippen LogP contribution in [0.3, 0.4) is 0 Å². The van der Waals surface area contributed by atoms with E-state index >= 15 is 4.39 Å². The lowest BCUT2D eigenvalue weighted by atomic mass is 9.82. The van der Waals surface area contributed by atoms with Crippen LogP contribution in [0.1, 0.15) is 72.1 Å². The van der Waals surface area contributed by atoms with E-state index in [4.69, 9.17) is 6.42 Å². The predicted molar refractivity (Wildman–Crippen MR) is 125 cm³/mol. The molecule has 0 bridgehead atoms. The van der Waals surface area contributed by atoms with Crippen LogP contribution in [0.25, 0.3) is 0 Å². The number of allylic oxidation sites excluding steroid dienone is 13. The standard InChI is InChI=1S/C28H34F2/c1-6-9-10-12-20(4)19-24-17-18-26(23-15-13-22(11-7-2)14-16-23)28(30)27(29)21(5)25(24)8-3/h3,6,9,15,18-19,22H,5,7,10-14,16-17H2,1-2,4H3/b9-6+,20-19+,25-24+,26-18-,28-27-. The minimum atomic E-state index is -0.942. The van der Waals surface area contributed by atoms with Crippen molar-refractivity contribution >= 4 is 0 Å². The Kier molecular flexibility index (Phi) is 9.31. The lowest BCUT2D eigenvalue weighted by Gasteiger charge is -2.24. The molecule has 0 heterocycles. The van der Waals surface area contributed by atoms with Crippen LogP contribution in [-0.4, -0.2) is 0 Å². The van der Waals surface area contributed by atoms with E-state index < -0.39 is 11.7 Å². The summed E-state index contributed by atoms with van der Waals surface area (Å²) in [7, 11) is 0. The van der Waals surface area contributed by atoms with Gasteiger partial charge in [0, 0.05) is 16.7 Å². The van der Waals surface area contributed by atoms with Crippen molar-refractivity contribution < 1.29 is 8.78 Å². The SMILES string of the molecule is C#C/C1=C(\C=C(/C)CC/C=C/C)C/C=C(C2=CCC(CCC)CC2)\C(F)=C(\F)C1=C. The fourth-order valence-electron chi connectivity index (χ4n) is 4.19. The second-order valence-electron chi connectivity index (χ2n) is 8.23. The number of halogens is 2. The van der Waals surface area contributed by atoms with Crippen molar-refractivity contribution in [1.82, 2.24) is 0 Å². The molecule has 0 radical (unpaired) electrons. The van der Waals surface area contributed by atoms with Gasteiger partial charge in [-0.2, -0.15) is 0 Å². The van der Waals surface area contributed by atoms with Crippen LogP contribution in [0.15, 0.2) is 82.1 Å². The normalized spacial score (nSPS) is 27.9. The first kappa shape index (κ1) is 23.9. The summed E-state index contributed by atoms with van der Waals surface area (Å²) in [5.74, 6) is 1.42. The van der Waals surface area contributed by atoms with E-state index in [0.717, 1.165) is 55.2 Å². The molecule has 0 N–H and O–H groups in total. The molecule has 0 spiro atoms. The van der Waals surface area contributed by atoms with E-state index in [1.807, 2.05) is 26.0 Å². The highest BCUT2D eigenvalue weighted by atomic mass is 19.2. The number of hydrogen-bond donors (Lipinski definition) is 0. The highest BCUT2D eigenvalue weighted by molar-refractivity contribution is 5.62. The molecule has 2 aliphatic rings. The highest BCUT2D eigenvalue weighted by Gasteiger charge is 2.25. The van der Waals surface area contributed by atoms with Crippen LogP contribution in [0.5, 0.6) is 0 Å². The average molecular weight is 409 g/mol. The summed E-state index contributed by atoms with van der Waals surface area (Å²) in [5, 5.41) is 0. The Hall–Kier alpha value is -2.40. The third kappa shape index (κ3) is 6.05. The van der Waals surface area contributed by atoms with E-state index in [2.05, 4.69) is 31.6 Å². The van der Waals surface area contributed by atoms with Gasteiger partial charge in [-0.3, -0.25) is 0 Å². The minimum absolute atomic E-state index is 0.0339. The van der Waals surface area contributed by atoms with Gasteiger partial charge in [0.2, 0.25) is 0 Å². The topological polar surface area (TPSA) is 0 Å². The predicted octanol–water partition coefficient (Wildman–Crippen LogP) is 8.78. The Labute approximate surface area is 181 Å². The van der Waals surface area contributed by atoms with Gasteiger partial charge in [-0.05, 0) is 69.4 Å². The quantitative estimate of drug-likeness (QED) is 0.292. The average Bonchev–Trinajstić information content (AvgIpc) is 2.74. The zero-order valence-electron chi connectivity index (χ0n) is 18.7. The minimum Gasteiger partial charge on any atom is -0.203 e. The Balaban J connectivity index is 2.41. The maximum absolute atomic E-state index is 15.1. The molecule has 0 amide bonds. The summed E-state index contributed by atoms with van der Waals surface area (Å²) >= 11 is 0. The molecule has 0 saturated heterocycles. The van der Waals surface area contributed by atoms with Crippen LogP contribution in [0.4, 0.5) is 8.78 Å². The van der Waals surface area contributed by atoms with Gasteiger partial charge in [0.15, 0.2) is 11.7 Å². The molecule has 1 unspecified atom stereocenters. The third-order valence-corrected chi connectivity index (χ3v) is 5.91. The third-order valence-electron chi connectivity index (χ3n) is 5.91. The molecule has 0 aromatic carbocycles. The van der Waals surface area contributed by atoms with Gasteiger partial charge in [0.25, 0.3) is 0 Å². The fraction of sp³-hybridized carbons (Fsp3) is 0.429. The van der Waals surface area contributed by atoms with Gasteiger partial charge in [0.05, 0.1) is 0 Å². The summed E-state index contributed by atoms with van der Waals surface area (Å²) in [4.78, 5) is 0. The maximum Gasteiger partial charge on any atom is 0.167 e. The first-order valence-electron chi connectivity index (χ1n) is 11.1. The Bertz CT molecular complexity index is 878. The van der Waals surface area contributed by atoms with E-state index in [9.17, 15) is 4.39 Å². The van der Waals surface area contributed by atoms with Crippen LogP contribution >= 0.6 is 0 Å². The van der Waals surface area contributed by atoms with Gasteiger partial charge < -0.3 is 0 Å². The van der Waals surface area contributed by atoms with Gasteiger partial charge in [-0.25, -0.2) is 8.78 Å². The zero-order chi connectivity index (χ0) is 22.1. The van der Waals surface area contributed by atoms with Crippen molar-refractivity contribution in [2.24, 2.45) is 5.92 Å². The van der Waals surface area contributed by atoms with E-state index in [0.29, 0.717) is 23.5 Å². The fourth-order valence-corrected chi connectivity index (χ4v) is 4.19. The smallest absolute Gasteiger partial charge is 0.167 e. The van der Waals surface area contributed by atoms with Crippen molar-refractivity contribution in [2.45, 2.75) is 72.1 Å². The maximum atomic E-state index is 15.1. The van der Waals surface area contributed by atoms with Crippen LogP contribution in [0.2, 0.25) is 0 Å². The molecule has 0 saturated carbocycles. The van der Waals surface area contributed by atoms with E-state index in [-0.39, 0.29) is 5.57 Å². The molecule has 0 nitrogen and oxygen atoms in total. The van der Waals surface area contributed by atoms with Gasteiger partial charge in [-0.15, -0.1) is 6.42 Å². The van der Waals surface area contributed by atoms with Crippen molar-refractivity contribution in [3.63, 3.8) is 0 Å². The molecule has 2 rings (SSSR count). The molecule has 0 aliphatic heterocycles. The van der Waals surface area contributed by atoms with E-state index in [1.165, 1.54) is 6.42 Å². The Morgan fingerprint density at radius 1 is 1.30 bits per heavy atom. The molecule has 2 aliphatic carbocycles. The molecular weight excluding hydrogens is 374 g/mol. The van der Waals surface area contributed by atoms with Crippen LogP contribution in [-0.2, 0) is 0 Å². The summed E-state index contributed by atoms with van der Waals surface area (Å²) < 4.78 is 30.1. The first-order valence-corrected chi connectivity index (χ1v) is 11.1.